The molecule has 0 amide bonds. The summed E-state index contributed by atoms with van der Waals surface area (Å²) in [5.74, 6) is 0.999. The summed E-state index contributed by atoms with van der Waals surface area (Å²) in [4.78, 5) is 23.9. The number of hydrogen-bond acceptors (Lipinski definition) is 4. The standard InChI is InChI=1S/C12H24O.C12H22O.C12H24O.C12H22O/c2*1-5-10(13)12(6-2)9-7-8-11(12,3)4;2*1-5-8-12(6-2)10(13)7-9-11(12,3)4/h10,13H,5-9H2,1-4H3;5-9H2,1-4H3;10,13H,5-9H2,1-4H3;5-9H2,1-4H3. The molecule has 2 N–H and O–H groups in total. The largest absolute Gasteiger partial charge is 0.393 e. The van der Waals surface area contributed by atoms with Crippen LogP contribution in [0.15, 0.2) is 0 Å². The zero-order chi connectivity index (χ0) is 40.5. The van der Waals surface area contributed by atoms with Gasteiger partial charge in [0.15, 0.2) is 0 Å². The first-order valence-electron chi connectivity index (χ1n) is 22.4. The first-order chi connectivity index (χ1) is 24.0. The highest BCUT2D eigenvalue weighted by atomic mass is 16.3. The van der Waals surface area contributed by atoms with Crippen LogP contribution in [0.1, 0.15) is 239 Å². The Labute approximate surface area is 325 Å². The molecule has 0 bridgehead atoms. The monoisotopic (exact) mass is 733 g/mol. The number of ketones is 2. The Hall–Kier alpha value is -0.740. The molecule has 308 valence electrons. The van der Waals surface area contributed by atoms with Crippen molar-refractivity contribution in [3.05, 3.63) is 0 Å². The van der Waals surface area contributed by atoms with Crippen LogP contribution in [0.25, 0.3) is 0 Å². The maximum Gasteiger partial charge on any atom is 0.139 e. The van der Waals surface area contributed by atoms with Crippen molar-refractivity contribution in [3.8, 4) is 0 Å². The highest BCUT2D eigenvalue weighted by molar-refractivity contribution is 5.88. The number of carbonyl (C=O) groups excluding carboxylic acids is 2. The molecule has 4 nitrogen and oxygen atoms in total. The van der Waals surface area contributed by atoms with Gasteiger partial charge in [0, 0.05) is 34.5 Å². The Morgan fingerprint density at radius 3 is 1.52 bits per heavy atom. The number of hydrogen-bond donors (Lipinski definition) is 2. The molecule has 0 aromatic rings. The molecule has 0 saturated heterocycles. The van der Waals surface area contributed by atoms with E-state index in [4.69, 9.17) is 0 Å². The molecule has 4 saturated carbocycles. The van der Waals surface area contributed by atoms with Crippen molar-refractivity contribution in [1.29, 1.82) is 0 Å². The van der Waals surface area contributed by atoms with E-state index in [1.54, 1.807) is 0 Å². The number of aliphatic hydroxyl groups excluding tert-OH is 2. The lowest BCUT2D eigenvalue weighted by atomic mass is 9.62. The van der Waals surface area contributed by atoms with E-state index in [9.17, 15) is 19.8 Å². The summed E-state index contributed by atoms with van der Waals surface area (Å²) >= 11 is 0. The van der Waals surface area contributed by atoms with Gasteiger partial charge >= 0.3 is 0 Å². The van der Waals surface area contributed by atoms with Crippen LogP contribution in [0.2, 0.25) is 0 Å². The van der Waals surface area contributed by atoms with Gasteiger partial charge in [-0.2, -0.15) is 0 Å². The summed E-state index contributed by atoms with van der Waals surface area (Å²) in [6, 6.07) is 0. The summed E-state index contributed by atoms with van der Waals surface area (Å²) in [6.07, 6.45) is 21.7. The van der Waals surface area contributed by atoms with Crippen LogP contribution in [0.3, 0.4) is 0 Å². The number of aliphatic hydroxyl groups is 2. The molecule has 0 heterocycles. The van der Waals surface area contributed by atoms with E-state index in [-0.39, 0.29) is 44.7 Å². The van der Waals surface area contributed by atoms with E-state index in [0.29, 0.717) is 28.8 Å². The van der Waals surface area contributed by atoms with Gasteiger partial charge in [-0.25, -0.2) is 0 Å². The third-order valence-corrected chi connectivity index (χ3v) is 17.0. The highest BCUT2D eigenvalue weighted by Crippen LogP contribution is 2.59. The zero-order valence-electron chi connectivity index (χ0n) is 38.0. The maximum atomic E-state index is 12.0. The van der Waals surface area contributed by atoms with Gasteiger partial charge in [0.1, 0.15) is 11.6 Å². The average molecular weight is 733 g/mol. The van der Waals surface area contributed by atoms with E-state index in [0.717, 1.165) is 70.6 Å². The van der Waals surface area contributed by atoms with Gasteiger partial charge in [0.2, 0.25) is 0 Å². The summed E-state index contributed by atoms with van der Waals surface area (Å²) in [6.45, 7) is 35.6. The van der Waals surface area contributed by atoms with Crippen molar-refractivity contribution in [2.75, 3.05) is 0 Å². The van der Waals surface area contributed by atoms with Crippen molar-refractivity contribution in [2.24, 2.45) is 43.3 Å². The summed E-state index contributed by atoms with van der Waals surface area (Å²) in [7, 11) is 0. The first-order valence-corrected chi connectivity index (χ1v) is 22.4. The minimum absolute atomic E-state index is 0.00174. The fourth-order valence-electron chi connectivity index (χ4n) is 12.8. The molecule has 4 rings (SSSR count). The van der Waals surface area contributed by atoms with E-state index < -0.39 is 0 Å². The molecule has 0 spiro atoms. The summed E-state index contributed by atoms with van der Waals surface area (Å²) in [5, 5.41) is 20.2. The molecule has 0 aliphatic heterocycles. The van der Waals surface area contributed by atoms with Crippen LogP contribution in [0.5, 0.6) is 0 Å². The Kier molecular flexibility index (Phi) is 18.4. The Bertz CT molecular complexity index is 1080. The fraction of sp³-hybridized carbons (Fsp3) is 0.958. The highest BCUT2D eigenvalue weighted by Gasteiger charge is 2.54. The number of carbonyl (C=O) groups is 2. The zero-order valence-corrected chi connectivity index (χ0v) is 38.0. The third kappa shape index (κ3) is 9.27. The van der Waals surface area contributed by atoms with Crippen LogP contribution in [-0.4, -0.2) is 34.0 Å². The second-order valence-electron chi connectivity index (χ2n) is 20.3. The summed E-state index contributed by atoms with van der Waals surface area (Å²) < 4.78 is 0. The minimum Gasteiger partial charge on any atom is -0.393 e. The van der Waals surface area contributed by atoms with Crippen molar-refractivity contribution in [3.63, 3.8) is 0 Å². The van der Waals surface area contributed by atoms with Gasteiger partial charge in [-0.15, -0.1) is 0 Å². The molecular weight excluding hydrogens is 641 g/mol. The van der Waals surface area contributed by atoms with Crippen LogP contribution in [0.4, 0.5) is 0 Å². The SMILES string of the molecule is CCC(=O)C1(CC)CCCC1(C)C.CCC(O)C1(CC)CCCC1(C)C.CCCC1(CC)C(=O)CCC1(C)C.CCCC1(CC)C(O)CCC1(C)C. The van der Waals surface area contributed by atoms with Gasteiger partial charge in [-0.3, -0.25) is 9.59 Å². The average Bonchev–Trinajstić information content (AvgIpc) is 3.74. The molecule has 0 aromatic carbocycles. The number of rotatable bonds is 12. The van der Waals surface area contributed by atoms with Crippen LogP contribution in [0, 0.1) is 43.3 Å². The smallest absolute Gasteiger partial charge is 0.139 e. The molecule has 0 aromatic heterocycles. The molecule has 4 fully saturated rings. The van der Waals surface area contributed by atoms with Crippen LogP contribution < -0.4 is 0 Å². The van der Waals surface area contributed by atoms with E-state index >= 15 is 0 Å². The molecule has 4 aliphatic rings. The van der Waals surface area contributed by atoms with Crippen molar-refractivity contribution in [1.82, 2.24) is 0 Å². The molecule has 0 radical (unpaired) electrons. The maximum absolute atomic E-state index is 12.0. The second kappa shape index (κ2) is 19.4. The Balaban J connectivity index is 0.000000347. The van der Waals surface area contributed by atoms with Gasteiger partial charge in [-0.05, 0) is 112 Å². The van der Waals surface area contributed by atoms with Crippen LogP contribution >= 0.6 is 0 Å². The van der Waals surface area contributed by atoms with Gasteiger partial charge in [0.05, 0.1) is 12.2 Å². The van der Waals surface area contributed by atoms with E-state index in [1.807, 2.05) is 6.92 Å². The van der Waals surface area contributed by atoms with Crippen molar-refractivity contribution in [2.45, 2.75) is 251 Å². The quantitative estimate of drug-likeness (QED) is 0.209. The van der Waals surface area contributed by atoms with Gasteiger partial charge in [0.25, 0.3) is 0 Å². The molecule has 6 unspecified atom stereocenters. The normalized spacial score (nSPS) is 34.3. The molecule has 4 aliphatic carbocycles. The lowest BCUT2D eigenvalue weighted by Crippen LogP contribution is -2.42. The molecule has 4 heteroatoms. The van der Waals surface area contributed by atoms with Crippen molar-refractivity contribution >= 4 is 11.6 Å². The minimum atomic E-state index is -0.102. The van der Waals surface area contributed by atoms with Gasteiger partial charge < -0.3 is 10.2 Å². The molecule has 52 heavy (non-hydrogen) atoms. The van der Waals surface area contributed by atoms with Crippen molar-refractivity contribution < 1.29 is 19.8 Å². The Morgan fingerprint density at radius 1 is 0.654 bits per heavy atom. The lowest BCUT2D eigenvalue weighted by molar-refractivity contribution is -0.134. The van der Waals surface area contributed by atoms with E-state index in [1.165, 1.54) is 51.4 Å². The third-order valence-electron chi connectivity index (χ3n) is 17.0. The predicted molar refractivity (Wildman–Crippen MR) is 225 cm³/mol. The fourth-order valence-corrected chi connectivity index (χ4v) is 12.8. The topological polar surface area (TPSA) is 74.6 Å². The molecular formula is C48H92O4. The second-order valence-corrected chi connectivity index (χ2v) is 20.3. The van der Waals surface area contributed by atoms with E-state index in [2.05, 4.69) is 104 Å². The lowest BCUT2D eigenvalue weighted by Gasteiger charge is -2.44. The molecule has 6 atom stereocenters. The predicted octanol–water partition coefficient (Wildman–Crippen LogP) is 13.9. The summed E-state index contributed by atoms with van der Waals surface area (Å²) in [5.41, 5.74) is 1.52. The van der Waals surface area contributed by atoms with Crippen LogP contribution in [-0.2, 0) is 9.59 Å². The Morgan fingerprint density at radius 2 is 1.21 bits per heavy atom. The number of Topliss-reactive ketones (excluding diaryl/α,β-unsaturated/α-hetero) is 2. The first kappa shape index (κ1) is 49.3. The van der Waals surface area contributed by atoms with Gasteiger partial charge in [-0.1, -0.05) is 136 Å².